The zero-order chi connectivity index (χ0) is 21.1. The number of carbonyl (C=O) groups is 1. The fourth-order valence-corrected chi connectivity index (χ4v) is 3.95. The highest BCUT2D eigenvalue weighted by molar-refractivity contribution is 6.31. The zero-order valence-electron chi connectivity index (χ0n) is 17.2. The molecular formula is C24H25ClN4O. The molecule has 1 aromatic heterocycles. The molecule has 4 rings (SSSR count). The van der Waals surface area contributed by atoms with Crippen LogP contribution in [-0.4, -0.2) is 29.2 Å². The van der Waals surface area contributed by atoms with Crippen LogP contribution in [0.4, 0.5) is 11.5 Å². The number of hydrogen-bond donors (Lipinski definition) is 1. The van der Waals surface area contributed by atoms with Gasteiger partial charge >= 0.3 is 0 Å². The van der Waals surface area contributed by atoms with Crippen LogP contribution in [0.5, 0.6) is 0 Å². The van der Waals surface area contributed by atoms with Gasteiger partial charge in [0.05, 0.1) is 11.6 Å². The van der Waals surface area contributed by atoms with Gasteiger partial charge in [-0.05, 0) is 62.6 Å². The molecule has 0 spiro atoms. The second kappa shape index (κ2) is 8.84. The minimum Gasteiger partial charge on any atom is -0.354 e. The molecule has 1 fully saturated rings. The zero-order valence-corrected chi connectivity index (χ0v) is 18.0. The summed E-state index contributed by atoms with van der Waals surface area (Å²) in [6.07, 6.45) is 1.80. The quantitative estimate of drug-likeness (QED) is 0.624. The van der Waals surface area contributed by atoms with E-state index in [0.29, 0.717) is 11.6 Å². The summed E-state index contributed by atoms with van der Waals surface area (Å²) in [4.78, 5) is 14.9. The van der Waals surface area contributed by atoms with Crippen LogP contribution in [0.15, 0.2) is 54.6 Å². The van der Waals surface area contributed by atoms with Crippen molar-refractivity contribution in [3.8, 4) is 11.3 Å². The van der Waals surface area contributed by atoms with Gasteiger partial charge in [0.1, 0.15) is 0 Å². The fraction of sp³-hybridized carbons (Fsp3) is 0.292. The molecule has 6 heteroatoms. The van der Waals surface area contributed by atoms with Crippen molar-refractivity contribution in [2.45, 2.75) is 26.7 Å². The third kappa shape index (κ3) is 4.62. The maximum Gasteiger partial charge on any atom is 0.229 e. The van der Waals surface area contributed by atoms with Crippen molar-refractivity contribution in [1.29, 1.82) is 0 Å². The number of amides is 1. The molecular weight excluding hydrogens is 396 g/mol. The van der Waals surface area contributed by atoms with Crippen molar-refractivity contribution >= 4 is 29.0 Å². The molecule has 1 aliphatic heterocycles. The molecule has 1 aliphatic rings. The minimum absolute atomic E-state index is 0.0176. The van der Waals surface area contributed by atoms with Crippen molar-refractivity contribution < 1.29 is 4.79 Å². The number of aromatic nitrogens is 2. The fourth-order valence-electron chi connectivity index (χ4n) is 3.77. The number of nitrogens with one attached hydrogen (secondary N) is 1. The number of halogens is 1. The lowest BCUT2D eigenvalue weighted by molar-refractivity contribution is -0.120. The van der Waals surface area contributed by atoms with E-state index >= 15 is 0 Å². The molecule has 0 radical (unpaired) electrons. The molecule has 2 heterocycles. The Morgan fingerprint density at radius 2 is 1.97 bits per heavy atom. The molecule has 2 aromatic carbocycles. The molecule has 1 atom stereocenters. The average Bonchev–Trinajstić information content (AvgIpc) is 2.76. The summed E-state index contributed by atoms with van der Waals surface area (Å²) >= 11 is 6.18. The molecule has 0 saturated carbocycles. The van der Waals surface area contributed by atoms with Crippen LogP contribution in [0.2, 0.25) is 5.02 Å². The summed E-state index contributed by atoms with van der Waals surface area (Å²) in [5, 5.41) is 12.5. The van der Waals surface area contributed by atoms with Gasteiger partial charge in [-0.2, -0.15) is 0 Å². The van der Waals surface area contributed by atoms with E-state index in [1.807, 2.05) is 43.3 Å². The molecule has 154 valence electrons. The van der Waals surface area contributed by atoms with E-state index < -0.39 is 0 Å². The maximum atomic E-state index is 12.8. The second-order valence-electron chi connectivity index (χ2n) is 7.88. The first-order valence-electron chi connectivity index (χ1n) is 10.2. The summed E-state index contributed by atoms with van der Waals surface area (Å²) in [5.74, 6) is 0.725. The first kappa shape index (κ1) is 20.4. The van der Waals surface area contributed by atoms with Crippen LogP contribution in [0.25, 0.3) is 11.3 Å². The predicted octanol–water partition coefficient (Wildman–Crippen LogP) is 5.27. The lowest BCUT2D eigenvalue weighted by atomic mass is 9.97. The average molecular weight is 421 g/mol. The van der Waals surface area contributed by atoms with Crippen LogP contribution >= 0.6 is 11.6 Å². The number of nitrogens with zero attached hydrogens (tertiary/aromatic N) is 3. The van der Waals surface area contributed by atoms with Crippen LogP contribution in [0.1, 0.15) is 24.0 Å². The highest BCUT2D eigenvalue weighted by atomic mass is 35.5. The summed E-state index contributed by atoms with van der Waals surface area (Å²) in [6, 6.07) is 17.8. The van der Waals surface area contributed by atoms with E-state index in [2.05, 4.69) is 39.5 Å². The second-order valence-corrected chi connectivity index (χ2v) is 8.29. The minimum atomic E-state index is -0.0999. The summed E-state index contributed by atoms with van der Waals surface area (Å²) in [5.41, 5.74) is 4.83. The maximum absolute atomic E-state index is 12.8. The monoisotopic (exact) mass is 420 g/mol. The van der Waals surface area contributed by atoms with Gasteiger partial charge in [-0.3, -0.25) is 4.79 Å². The molecule has 30 heavy (non-hydrogen) atoms. The highest BCUT2D eigenvalue weighted by Crippen LogP contribution is 2.26. The largest absolute Gasteiger partial charge is 0.354 e. The normalized spacial score (nSPS) is 16.4. The Hall–Kier alpha value is -2.92. The number of carbonyl (C=O) groups excluding carboxylic acids is 1. The van der Waals surface area contributed by atoms with Crippen LogP contribution in [0.3, 0.4) is 0 Å². The number of benzene rings is 2. The first-order valence-corrected chi connectivity index (χ1v) is 10.6. The van der Waals surface area contributed by atoms with E-state index in [9.17, 15) is 4.79 Å². The number of rotatable bonds is 4. The molecule has 1 amide bonds. The molecule has 0 aliphatic carbocycles. The highest BCUT2D eigenvalue weighted by Gasteiger charge is 2.27. The smallest absolute Gasteiger partial charge is 0.229 e. The van der Waals surface area contributed by atoms with Crippen molar-refractivity contribution in [3.63, 3.8) is 0 Å². The molecule has 1 saturated heterocycles. The number of aryl methyl sites for hydroxylation is 2. The van der Waals surface area contributed by atoms with Gasteiger partial charge in [-0.1, -0.05) is 41.4 Å². The lowest BCUT2D eigenvalue weighted by Gasteiger charge is -2.32. The SMILES string of the molecule is Cc1cccc(-c2ccc(N3CCC[C@H](C(=O)Nc4ccc(C)c(Cl)c4)C3)nn2)c1. The van der Waals surface area contributed by atoms with Crippen LogP contribution < -0.4 is 10.2 Å². The van der Waals surface area contributed by atoms with Crippen molar-refractivity contribution in [1.82, 2.24) is 10.2 Å². The first-order chi connectivity index (χ1) is 14.5. The molecule has 0 bridgehead atoms. The number of piperidine rings is 1. The summed E-state index contributed by atoms with van der Waals surface area (Å²) in [7, 11) is 0. The Kier molecular flexibility index (Phi) is 6.00. The van der Waals surface area contributed by atoms with Gasteiger partial charge in [-0.25, -0.2) is 0 Å². The Morgan fingerprint density at radius 1 is 1.10 bits per heavy atom. The van der Waals surface area contributed by atoms with Crippen molar-refractivity contribution in [2.24, 2.45) is 5.92 Å². The third-order valence-electron chi connectivity index (χ3n) is 5.52. The van der Waals surface area contributed by atoms with E-state index in [1.165, 1.54) is 5.56 Å². The topological polar surface area (TPSA) is 58.1 Å². The van der Waals surface area contributed by atoms with E-state index in [-0.39, 0.29) is 11.8 Å². The van der Waals surface area contributed by atoms with Gasteiger partial charge in [0.15, 0.2) is 5.82 Å². The summed E-state index contributed by atoms with van der Waals surface area (Å²) in [6.45, 7) is 5.51. The van der Waals surface area contributed by atoms with E-state index in [4.69, 9.17) is 11.6 Å². The Morgan fingerprint density at radius 3 is 2.70 bits per heavy atom. The van der Waals surface area contributed by atoms with Crippen molar-refractivity contribution in [2.75, 3.05) is 23.3 Å². The van der Waals surface area contributed by atoms with Gasteiger partial charge in [0.25, 0.3) is 0 Å². The van der Waals surface area contributed by atoms with Crippen molar-refractivity contribution in [3.05, 3.63) is 70.7 Å². The van der Waals surface area contributed by atoms with Crippen LogP contribution in [-0.2, 0) is 4.79 Å². The Bertz CT molecular complexity index is 1050. The Balaban J connectivity index is 1.43. The van der Waals surface area contributed by atoms with Gasteiger partial charge in [-0.15, -0.1) is 10.2 Å². The predicted molar refractivity (Wildman–Crippen MR) is 122 cm³/mol. The molecule has 5 nitrogen and oxygen atoms in total. The third-order valence-corrected chi connectivity index (χ3v) is 5.93. The number of anilines is 2. The molecule has 3 aromatic rings. The lowest BCUT2D eigenvalue weighted by Crippen LogP contribution is -2.41. The van der Waals surface area contributed by atoms with Gasteiger partial charge in [0, 0.05) is 29.4 Å². The molecule has 0 unspecified atom stereocenters. The van der Waals surface area contributed by atoms with E-state index in [1.54, 1.807) is 6.07 Å². The standard InChI is InChI=1S/C24H25ClN4O/c1-16-5-3-6-18(13-16)22-10-11-23(28-27-22)29-12-4-7-19(15-29)24(30)26-20-9-8-17(2)21(25)14-20/h3,5-6,8-11,13-14,19H,4,7,12,15H2,1-2H3,(H,26,30)/t19-/m0/s1. The molecule has 1 N–H and O–H groups in total. The number of hydrogen-bond acceptors (Lipinski definition) is 4. The van der Waals surface area contributed by atoms with Gasteiger partial charge < -0.3 is 10.2 Å². The van der Waals surface area contributed by atoms with Gasteiger partial charge in [0.2, 0.25) is 5.91 Å². The summed E-state index contributed by atoms with van der Waals surface area (Å²) < 4.78 is 0. The van der Waals surface area contributed by atoms with E-state index in [0.717, 1.165) is 47.7 Å². The van der Waals surface area contributed by atoms with Crippen LogP contribution in [0, 0.1) is 19.8 Å². The Labute approximate surface area is 182 Å².